The maximum absolute atomic E-state index is 11.8. The third-order valence-corrected chi connectivity index (χ3v) is 5.28. The fourth-order valence-electron chi connectivity index (χ4n) is 1.99. The molecular weight excluding hydrogens is 254 g/mol. The molecule has 6 nitrogen and oxygen atoms in total. The van der Waals surface area contributed by atoms with Gasteiger partial charge in [0, 0.05) is 12.7 Å². The Morgan fingerprint density at radius 1 is 1.56 bits per heavy atom. The molecule has 1 amide bonds. The summed E-state index contributed by atoms with van der Waals surface area (Å²) in [4.78, 5) is 15.7. The van der Waals surface area contributed by atoms with Crippen molar-refractivity contribution in [3.05, 3.63) is 24.0 Å². The summed E-state index contributed by atoms with van der Waals surface area (Å²) >= 11 is 0. The number of hydrogen-bond acceptors (Lipinski definition) is 5. The van der Waals surface area contributed by atoms with E-state index < -0.39 is 21.0 Å². The van der Waals surface area contributed by atoms with Crippen LogP contribution in [0.5, 0.6) is 0 Å². The van der Waals surface area contributed by atoms with Crippen LogP contribution in [0.1, 0.15) is 23.3 Å². The van der Waals surface area contributed by atoms with E-state index in [9.17, 15) is 13.2 Å². The largest absolute Gasteiger partial charge is 0.397 e. The number of amides is 1. The second-order valence-corrected chi connectivity index (χ2v) is 6.68. The summed E-state index contributed by atoms with van der Waals surface area (Å²) in [6.07, 6.45) is 2.73. The number of nitrogens with zero attached hydrogens (tertiary/aromatic N) is 1. The molecular formula is C11H15N3O3S. The van der Waals surface area contributed by atoms with Gasteiger partial charge in [0.05, 0.1) is 16.7 Å². The van der Waals surface area contributed by atoms with E-state index in [1.807, 2.05) is 0 Å². The number of rotatable bonds is 3. The molecule has 1 saturated heterocycles. The fraction of sp³-hybridized carbons (Fsp3) is 0.455. The predicted octanol–water partition coefficient (Wildman–Crippen LogP) is -0.0292. The smallest absolute Gasteiger partial charge is 0.272 e. The quantitative estimate of drug-likeness (QED) is 0.802. The Morgan fingerprint density at radius 3 is 2.94 bits per heavy atom. The number of aromatic nitrogens is 1. The number of hydrogen-bond donors (Lipinski definition) is 2. The topological polar surface area (TPSA) is 102 Å². The second kappa shape index (κ2) is 4.93. The van der Waals surface area contributed by atoms with Gasteiger partial charge in [-0.15, -0.1) is 0 Å². The molecule has 0 bridgehead atoms. The number of carbonyl (C=O) groups excluding carboxylic acids is 1. The van der Waals surface area contributed by atoms with Crippen molar-refractivity contribution in [1.29, 1.82) is 0 Å². The zero-order valence-corrected chi connectivity index (χ0v) is 10.6. The third-order valence-electron chi connectivity index (χ3n) is 3.01. The molecule has 2 rings (SSSR count). The van der Waals surface area contributed by atoms with Crippen LogP contribution in [0.3, 0.4) is 0 Å². The molecule has 3 N–H and O–H groups in total. The van der Waals surface area contributed by atoms with Crippen LogP contribution in [0.15, 0.2) is 18.3 Å². The molecule has 1 unspecified atom stereocenters. The lowest BCUT2D eigenvalue weighted by Gasteiger charge is -2.11. The first-order valence-corrected chi connectivity index (χ1v) is 7.42. The summed E-state index contributed by atoms with van der Waals surface area (Å²) in [5.74, 6) is -0.227. The normalized spacial score (nSPS) is 21.7. The first-order chi connectivity index (χ1) is 8.50. The molecule has 18 heavy (non-hydrogen) atoms. The minimum atomic E-state index is -3.04. The molecule has 0 saturated carbocycles. The zero-order valence-electron chi connectivity index (χ0n) is 9.80. The first kappa shape index (κ1) is 12.8. The van der Waals surface area contributed by atoms with E-state index in [-0.39, 0.29) is 23.7 Å². The van der Waals surface area contributed by atoms with Gasteiger partial charge in [-0.3, -0.25) is 4.79 Å². The summed E-state index contributed by atoms with van der Waals surface area (Å²) in [5.41, 5.74) is 6.03. The van der Waals surface area contributed by atoms with E-state index in [0.29, 0.717) is 12.8 Å². The van der Waals surface area contributed by atoms with Crippen molar-refractivity contribution in [2.45, 2.75) is 18.1 Å². The van der Waals surface area contributed by atoms with E-state index in [1.165, 1.54) is 6.20 Å². The molecule has 0 aliphatic carbocycles. The number of nitrogens with two attached hydrogens (primary N) is 1. The molecule has 1 aliphatic heterocycles. The number of pyridine rings is 1. The summed E-state index contributed by atoms with van der Waals surface area (Å²) in [6, 6.07) is 3.21. The highest BCUT2D eigenvalue weighted by Crippen LogP contribution is 2.19. The van der Waals surface area contributed by atoms with Gasteiger partial charge in [0.15, 0.2) is 15.5 Å². The van der Waals surface area contributed by atoms with E-state index in [1.54, 1.807) is 12.1 Å². The van der Waals surface area contributed by atoms with E-state index in [0.717, 1.165) is 0 Å². The molecule has 1 aromatic rings. The van der Waals surface area contributed by atoms with Crippen molar-refractivity contribution < 1.29 is 13.2 Å². The zero-order chi connectivity index (χ0) is 13.2. The van der Waals surface area contributed by atoms with Crippen molar-refractivity contribution in [3.63, 3.8) is 0 Å². The Morgan fingerprint density at radius 2 is 2.33 bits per heavy atom. The standard InChI is InChI=1S/C11H15N3O3S/c12-9-4-1-5-13-10(9)11(15)14-7-8-3-2-6-18(8,16)17/h1,4-5,8H,2-3,6-7,12H2,(H,14,15). The van der Waals surface area contributed by atoms with Crippen LogP contribution in [0.25, 0.3) is 0 Å². The average Bonchev–Trinajstić information content (AvgIpc) is 2.66. The maximum atomic E-state index is 11.8. The molecule has 0 spiro atoms. The monoisotopic (exact) mass is 269 g/mol. The van der Waals surface area contributed by atoms with Gasteiger partial charge in [0.25, 0.3) is 5.91 Å². The first-order valence-electron chi connectivity index (χ1n) is 5.71. The van der Waals surface area contributed by atoms with Crippen molar-refractivity contribution in [3.8, 4) is 0 Å². The van der Waals surface area contributed by atoms with E-state index >= 15 is 0 Å². The Balaban J connectivity index is 1.99. The minimum absolute atomic E-state index is 0.122. The second-order valence-electron chi connectivity index (χ2n) is 4.28. The van der Waals surface area contributed by atoms with Crippen LogP contribution < -0.4 is 11.1 Å². The van der Waals surface area contributed by atoms with Gasteiger partial charge < -0.3 is 11.1 Å². The number of carbonyl (C=O) groups is 1. The van der Waals surface area contributed by atoms with Gasteiger partial charge in [-0.25, -0.2) is 13.4 Å². The van der Waals surface area contributed by atoms with E-state index in [2.05, 4.69) is 10.3 Å². The summed E-state index contributed by atoms with van der Waals surface area (Å²) in [7, 11) is -3.04. The van der Waals surface area contributed by atoms with Crippen molar-refractivity contribution in [1.82, 2.24) is 10.3 Å². The lowest BCUT2D eigenvalue weighted by atomic mass is 10.2. The van der Waals surface area contributed by atoms with Gasteiger partial charge in [-0.05, 0) is 25.0 Å². The summed E-state index contributed by atoms with van der Waals surface area (Å²) < 4.78 is 23.2. The summed E-state index contributed by atoms with van der Waals surface area (Å²) in [5, 5.41) is 2.10. The van der Waals surface area contributed by atoms with Gasteiger partial charge in [-0.2, -0.15) is 0 Å². The fourth-order valence-corrected chi connectivity index (χ4v) is 3.75. The van der Waals surface area contributed by atoms with Gasteiger partial charge in [0.1, 0.15) is 0 Å². The van der Waals surface area contributed by atoms with Crippen LogP contribution in [0.2, 0.25) is 0 Å². The molecule has 0 radical (unpaired) electrons. The van der Waals surface area contributed by atoms with Gasteiger partial charge >= 0.3 is 0 Å². The van der Waals surface area contributed by atoms with Crippen molar-refractivity contribution in [2.75, 3.05) is 18.0 Å². The maximum Gasteiger partial charge on any atom is 0.272 e. The molecule has 1 atom stereocenters. The van der Waals surface area contributed by atoms with Crippen LogP contribution in [-0.4, -0.2) is 36.9 Å². The van der Waals surface area contributed by atoms with Crippen LogP contribution in [0, 0.1) is 0 Å². The molecule has 1 fully saturated rings. The van der Waals surface area contributed by atoms with Crippen molar-refractivity contribution >= 4 is 21.4 Å². The molecule has 1 aromatic heterocycles. The molecule has 2 heterocycles. The molecule has 0 aromatic carbocycles. The van der Waals surface area contributed by atoms with Crippen LogP contribution in [0.4, 0.5) is 5.69 Å². The van der Waals surface area contributed by atoms with Crippen LogP contribution in [-0.2, 0) is 9.84 Å². The lowest BCUT2D eigenvalue weighted by molar-refractivity contribution is 0.0949. The molecule has 98 valence electrons. The van der Waals surface area contributed by atoms with Gasteiger partial charge in [-0.1, -0.05) is 0 Å². The number of anilines is 1. The number of nitrogen functional groups attached to an aromatic ring is 1. The lowest BCUT2D eigenvalue weighted by Crippen LogP contribution is -2.35. The van der Waals surface area contributed by atoms with Crippen molar-refractivity contribution in [2.24, 2.45) is 0 Å². The highest BCUT2D eigenvalue weighted by molar-refractivity contribution is 7.92. The summed E-state index contributed by atoms with van der Waals surface area (Å²) in [6.45, 7) is 0.122. The van der Waals surface area contributed by atoms with Crippen LogP contribution >= 0.6 is 0 Å². The Labute approximate surface area is 106 Å². The number of sulfone groups is 1. The number of nitrogens with one attached hydrogen (secondary N) is 1. The highest BCUT2D eigenvalue weighted by atomic mass is 32.2. The highest BCUT2D eigenvalue weighted by Gasteiger charge is 2.31. The Hall–Kier alpha value is -1.63. The SMILES string of the molecule is Nc1cccnc1C(=O)NCC1CCCS1(=O)=O. The third kappa shape index (κ3) is 2.61. The Bertz CT molecular complexity index is 556. The van der Waals surface area contributed by atoms with Gasteiger partial charge in [0.2, 0.25) is 0 Å². The predicted molar refractivity (Wildman–Crippen MR) is 67.8 cm³/mol. The molecule has 7 heteroatoms. The van der Waals surface area contributed by atoms with E-state index in [4.69, 9.17) is 5.73 Å². The minimum Gasteiger partial charge on any atom is -0.397 e. The average molecular weight is 269 g/mol. The molecule has 1 aliphatic rings. The Kier molecular flexibility index (Phi) is 3.51.